The second-order valence-corrected chi connectivity index (χ2v) is 9.24. The van der Waals surface area contributed by atoms with Gasteiger partial charge in [0.2, 0.25) is 16.0 Å². The molecule has 1 saturated carbocycles. The van der Waals surface area contributed by atoms with E-state index < -0.39 is 95.5 Å². The molecule has 4 rings (SSSR count). The zero-order valence-electron chi connectivity index (χ0n) is 25.0. The van der Waals surface area contributed by atoms with Crippen LogP contribution in [0.1, 0.15) is 61.0 Å². The van der Waals surface area contributed by atoms with Gasteiger partial charge in [-0.05, 0) is 38.1 Å². The van der Waals surface area contributed by atoms with Gasteiger partial charge in [-0.25, -0.2) is 30.9 Å². The van der Waals surface area contributed by atoms with Gasteiger partial charge in [-0.1, -0.05) is 0 Å². The Kier molecular flexibility index (Phi) is 4.34. The van der Waals surface area contributed by atoms with Crippen LogP contribution in [0.4, 0.5) is 19.1 Å². The summed E-state index contributed by atoms with van der Waals surface area (Å²) in [4.78, 5) is 21.0. The molecular weight excluding hydrogens is 463 g/mol. The smallest absolute Gasteiger partial charge is 0.269 e. The molecule has 3 heterocycles. The minimum absolute atomic E-state index is 0.0563. The number of rotatable bonds is 5. The maximum absolute atomic E-state index is 15.0. The monoisotopic (exact) mass is 497 g/mol. The van der Waals surface area contributed by atoms with Crippen molar-refractivity contribution in [2.45, 2.75) is 62.8 Å². The number of nitrogens with zero attached hydrogens (tertiary/aromatic N) is 4. The van der Waals surface area contributed by atoms with Crippen molar-refractivity contribution in [2.75, 3.05) is 24.6 Å². The van der Waals surface area contributed by atoms with Crippen LogP contribution in [-0.4, -0.2) is 70.0 Å². The third-order valence-electron chi connectivity index (χ3n) is 5.57. The average molecular weight is 498 g/mol. The minimum atomic E-state index is -5.09. The fraction of sp³-hybridized carbons (Fsp3) is 0.650. The minimum Gasteiger partial charge on any atom is -0.393 e. The molecule has 182 valence electrons. The second kappa shape index (κ2) is 9.18. The predicted molar refractivity (Wildman–Crippen MR) is 116 cm³/mol. The Morgan fingerprint density at radius 3 is 2.76 bits per heavy atom. The number of aromatic nitrogens is 3. The molecule has 33 heavy (non-hydrogen) atoms. The van der Waals surface area contributed by atoms with Gasteiger partial charge in [-0.2, -0.15) is 4.98 Å². The number of sulfonamides is 1. The number of hydrogen-bond acceptors (Lipinski definition) is 7. The zero-order chi connectivity index (χ0) is 30.9. The molecule has 3 atom stereocenters. The number of alkyl halides is 3. The number of halogens is 3. The predicted octanol–water partition coefficient (Wildman–Crippen LogP) is 1.99. The molecule has 13 heteroatoms. The molecule has 2 aromatic heterocycles. The molecule has 0 aromatic carbocycles. The van der Waals surface area contributed by atoms with E-state index in [1.165, 1.54) is 0 Å². The van der Waals surface area contributed by atoms with Crippen molar-refractivity contribution in [1.29, 1.82) is 0 Å². The van der Waals surface area contributed by atoms with Crippen LogP contribution in [-0.2, 0) is 10.0 Å². The van der Waals surface area contributed by atoms with Crippen LogP contribution in [0.25, 0.3) is 11.0 Å². The molecule has 0 radical (unpaired) electrons. The summed E-state index contributed by atoms with van der Waals surface area (Å²) in [6.45, 7) is -2.09. The summed E-state index contributed by atoms with van der Waals surface area (Å²) in [7, 11) is -5.09. The number of aliphatic hydroxyl groups is 1. The van der Waals surface area contributed by atoms with E-state index in [0.717, 1.165) is 6.20 Å². The highest BCUT2D eigenvalue weighted by molar-refractivity contribution is 7.88. The summed E-state index contributed by atoms with van der Waals surface area (Å²) in [5, 5.41) is 12.3. The quantitative estimate of drug-likeness (QED) is 0.649. The number of anilines is 1. The van der Waals surface area contributed by atoms with E-state index in [0.29, 0.717) is 10.6 Å². The molecule has 0 bridgehead atoms. The Bertz CT molecular complexity index is 1490. The lowest BCUT2D eigenvalue weighted by Crippen LogP contribution is -2.42. The molecule has 2 N–H and O–H groups in total. The van der Waals surface area contributed by atoms with Crippen molar-refractivity contribution in [3.05, 3.63) is 28.2 Å². The second-order valence-electron chi connectivity index (χ2n) is 7.78. The van der Waals surface area contributed by atoms with Crippen molar-refractivity contribution >= 4 is 27.0 Å². The average Bonchev–Trinajstić information content (AvgIpc) is 2.81. The Morgan fingerprint density at radius 2 is 2.09 bits per heavy atom. The van der Waals surface area contributed by atoms with E-state index >= 15 is 0 Å². The van der Waals surface area contributed by atoms with Crippen molar-refractivity contribution in [1.82, 2.24) is 18.8 Å². The van der Waals surface area contributed by atoms with Crippen LogP contribution in [0.15, 0.2) is 17.1 Å². The third kappa shape index (κ3) is 4.99. The summed E-state index contributed by atoms with van der Waals surface area (Å²) >= 11 is 0. The number of nitrogens with one attached hydrogen (secondary N) is 1. The molecule has 0 spiro atoms. The fourth-order valence-corrected chi connectivity index (χ4v) is 4.39. The van der Waals surface area contributed by atoms with E-state index in [1.54, 1.807) is 0 Å². The van der Waals surface area contributed by atoms with E-state index in [-0.39, 0.29) is 29.0 Å². The molecular formula is C20H26F3N5O4S. The number of aliphatic hydroxyl groups excluding tert-OH is 1. The molecule has 2 aliphatic rings. The van der Waals surface area contributed by atoms with Crippen molar-refractivity contribution in [3.8, 4) is 0 Å². The topological polar surface area (TPSA) is 117 Å². The van der Waals surface area contributed by atoms with Crippen LogP contribution < -0.4 is 10.9 Å². The first-order valence-electron chi connectivity index (χ1n) is 14.0. The highest BCUT2D eigenvalue weighted by atomic mass is 32.2. The standard InChI is InChI=1S/C20H26F3N5O4S/c1-33(31,32)27-6-4-12(5-7-27)25-20-24-10-11-8-14(17(22)23)19(30)28(18(11)26-20)16-9-13(29)2-3-15(16)21/h8,10,12-13,15-17,29H,2-7,9H2,1H3,(H,24,25,26)/t13-,15+,16+/m1/s1/i1D3,4D2,5D2,17D. The van der Waals surface area contributed by atoms with Gasteiger partial charge in [0.1, 0.15) is 13.2 Å². The maximum atomic E-state index is 15.0. The van der Waals surface area contributed by atoms with Crippen LogP contribution in [0.3, 0.4) is 0 Å². The van der Waals surface area contributed by atoms with Crippen LogP contribution >= 0.6 is 0 Å². The Morgan fingerprint density at radius 1 is 1.36 bits per heavy atom. The fourth-order valence-electron chi connectivity index (χ4n) is 3.90. The van der Waals surface area contributed by atoms with Gasteiger partial charge in [0, 0.05) is 40.3 Å². The lowest BCUT2D eigenvalue weighted by atomic mass is 9.90. The lowest BCUT2D eigenvalue weighted by molar-refractivity contribution is 0.0549. The van der Waals surface area contributed by atoms with Gasteiger partial charge < -0.3 is 10.4 Å². The van der Waals surface area contributed by atoms with Crippen LogP contribution in [0, 0.1) is 0 Å². The number of piperidine rings is 1. The van der Waals surface area contributed by atoms with E-state index in [4.69, 9.17) is 11.0 Å². The van der Waals surface area contributed by atoms with Crippen LogP contribution in [0.5, 0.6) is 0 Å². The van der Waals surface area contributed by atoms with E-state index in [2.05, 4.69) is 15.3 Å². The van der Waals surface area contributed by atoms with Gasteiger partial charge in [0.25, 0.3) is 12.0 Å². The molecule has 1 saturated heterocycles. The first-order valence-corrected chi connectivity index (χ1v) is 11.4. The first-order chi connectivity index (χ1) is 18.6. The highest BCUT2D eigenvalue weighted by Crippen LogP contribution is 2.33. The molecule has 1 aliphatic heterocycles. The Balaban J connectivity index is 1.80. The van der Waals surface area contributed by atoms with Crippen molar-refractivity contribution in [3.63, 3.8) is 0 Å². The number of hydrogen-bond donors (Lipinski definition) is 2. The number of pyridine rings is 1. The van der Waals surface area contributed by atoms with Crippen molar-refractivity contribution in [2.24, 2.45) is 0 Å². The third-order valence-corrected chi connectivity index (χ3v) is 6.51. The van der Waals surface area contributed by atoms with Gasteiger partial charge in [0.15, 0.2) is 0 Å². The molecule has 0 amide bonds. The van der Waals surface area contributed by atoms with E-state index in [1.807, 2.05) is 0 Å². The van der Waals surface area contributed by atoms with E-state index in [9.17, 15) is 31.5 Å². The summed E-state index contributed by atoms with van der Waals surface area (Å²) in [5.41, 5.74) is -3.15. The lowest BCUT2D eigenvalue weighted by Gasteiger charge is -2.32. The van der Waals surface area contributed by atoms with Gasteiger partial charge in [0.05, 0.1) is 23.9 Å². The summed E-state index contributed by atoms with van der Waals surface area (Å²) in [5.74, 6) is -0.535. The zero-order valence-corrected chi connectivity index (χ0v) is 17.8. The molecule has 9 nitrogen and oxygen atoms in total. The molecule has 0 unspecified atom stereocenters. The maximum Gasteiger partial charge on any atom is 0.269 e. The summed E-state index contributed by atoms with van der Waals surface area (Å²) < 4.78 is 131. The first kappa shape index (κ1) is 15.6. The van der Waals surface area contributed by atoms with Gasteiger partial charge >= 0.3 is 0 Å². The highest BCUT2D eigenvalue weighted by Gasteiger charge is 2.34. The number of fused-ring (bicyclic) bond motifs is 1. The molecule has 2 fully saturated rings. The summed E-state index contributed by atoms with van der Waals surface area (Å²) in [6, 6.07) is -2.68. The SMILES string of the molecule is [2H]C(F)(F)c1cc2cnc(NC3C([2H])([2H])CN(S(=O)(=O)C([2H])([2H])[2H])CC3([2H])[2H])nc2n([C@H]2C[C@H](O)CC[C@@H]2F)c1=O. The Labute approximate surface area is 199 Å². The Hall–Kier alpha value is -2.25. The van der Waals surface area contributed by atoms with Crippen LogP contribution in [0.2, 0.25) is 0 Å². The van der Waals surface area contributed by atoms with Crippen molar-refractivity contribution < 1.29 is 37.7 Å². The normalized spacial score (nSPS) is 32.9. The molecule has 2 aromatic rings. The van der Waals surface area contributed by atoms with Gasteiger partial charge in [-0.15, -0.1) is 0 Å². The molecule has 1 aliphatic carbocycles. The van der Waals surface area contributed by atoms with Gasteiger partial charge in [-0.3, -0.25) is 9.36 Å². The summed E-state index contributed by atoms with van der Waals surface area (Å²) in [6.07, 6.45) is -15.8. The largest absolute Gasteiger partial charge is 0.393 e.